The molecule has 0 radical (unpaired) electrons. The maximum absolute atomic E-state index is 6.64. The van der Waals surface area contributed by atoms with Crippen molar-refractivity contribution in [2.45, 2.75) is 12.8 Å². The molecule has 2 N–H and O–H groups in total. The smallest absolute Gasteiger partial charge is 0.142 e. The molecule has 1 aliphatic rings. The summed E-state index contributed by atoms with van der Waals surface area (Å²) in [6.07, 6.45) is 4.16. The van der Waals surface area contributed by atoms with Crippen molar-refractivity contribution < 1.29 is 4.42 Å². The number of fused-ring (bicyclic) bond motifs is 5. The molecule has 0 atom stereocenters. The first kappa shape index (κ1) is 20.3. The zero-order valence-electron chi connectivity index (χ0n) is 19.4. The van der Waals surface area contributed by atoms with E-state index in [4.69, 9.17) is 10.2 Å². The molecule has 0 aliphatic heterocycles. The van der Waals surface area contributed by atoms with Crippen LogP contribution in [0, 0.1) is 0 Å². The van der Waals surface area contributed by atoms with Gasteiger partial charge in [-0.2, -0.15) is 0 Å². The Kier molecular flexibility index (Phi) is 4.61. The fraction of sp³-hybridized carbons (Fsp3) is 0.0909. The van der Waals surface area contributed by atoms with Gasteiger partial charge in [-0.25, -0.2) is 0 Å². The van der Waals surface area contributed by atoms with Crippen molar-refractivity contribution in [3.8, 4) is 22.3 Å². The molecule has 6 aromatic rings. The van der Waals surface area contributed by atoms with Crippen molar-refractivity contribution in [1.29, 1.82) is 0 Å². The van der Waals surface area contributed by atoms with Gasteiger partial charge in [0.1, 0.15) is 11.3 Å². The molecule has 1 aromatic heterocycles. The number of nitrogens with two attached hydrogens (primary N) is 1. The average Bonchev–Trinajstić information content (AvgIpc) is 3.31. The quantitative estimate of drug-likeness (QED) is 0.293. The molecule has 2 nitrogen and oxygen atoms in total. The summed E-state index contributed by atoms with van der Waals surface area (Å²) in [6.45, 7) is 0.518. The molecular weight excluding hydrogens is 426 g/mol. The normalized spacial score (nSPS) is 13.3. The van der Waals surface area contributed by atoms with Gasteiger partial charge in [-0.1, -0.05) is 91.0 Å². The van der Waals surface area contributed by atoms with Crippen LogP contribution in [0.5, 0.6) is 0 Å². The minimum absolute atomic E-state index is 0.518. The molecular formula is C33H25NO. The van der Waals surface area contributed by atoms with Crippen molar-refractivity contribution in [2.24, 2.45) is 5.73 Å². The van der Waals surface area contributed by atoms with E-state index in [1.54, 1.807) is 0 Å². The van der Waals surface area contributed by atoms with E-state index < -0.39 is 0 Å². The SMILES string of the molecule is NCC1=CCCc2oc3c(-c4cccc5ccccc45)cc(-c4cccc5ccccc45)cc3c21. The molecule has 0 saturated carbocycles. The molecule has 35 heavy (non-hydrogen) atoms. The van der Waals surface area contributed by atoms with Crippen LogP contribution in [-0.4, -0.2) is 6.54 Å². The van der Waals surface area contributed by atoms with E-state index >= 15 is 0 Å². The number of allylic oxidation sites excluding steroid dienone is 1. The number of aryl methyl sites for hydroxylation is 1. The second-order valence-corrected chi connectivity index (χ2v) is 9.33. The second-order valence-electron chi connectivity index (χ2n) is 9.33. The van der Waals surface area contributed by atoms with Gasteiger partial charge in [0.2, 0.25) is 0 Å². The van der Waals surface area contributed by atoms with Crippen LogP contribution in [0.25, 0.3) is 60.3 Å². The number of hydrogen-bond donors (Lipinski definition) is 1. The second kappa shape index (κ2) is 7.97. The predicted molar refractivity (Wildman–Crippen MR) is 147 cm³/mol. The third kappa shape index (κ3) is 3.14. The maximum atomic E-state index is 6.64. The number of furan rings is 1. The van der Waals surface area contributed by atoms with Gasteiger partial charge in [-0.15, -0.1) is 0 Å². The van der Waals surface area contributed by atoms with Gasteiger partial charge >= 0.3 is 0 Å². The van der Waals surface area contributed by atoms with Crippen molar-refractivity contribution in [1.82, 2.24) is 0 Å². The Labute approximate surface area is 204 Å². The van der Waals surface area contributed by atoms with Crippen molar-refractivity contribution in [3.63, 3.8) is 0 Å². The molecule has 0 amide bonds. The van der Waals surface area contributed by atoms with Crippen LogP contribution >= 0.6 is 0 Å². The molecule has 0 saturated heterocycles. The lowest BCUT2D eigenvalue weighted by Crippen LogP contribution is -2.06. The number of rotatable bonds is 3. The molecule has 7 rings (SSSR count). The summed E-state index contributed by atoms with van der Waals surface area (Å²) in [6, 6.07) is 34.9. The van der Waals surface area contributed by atoms with Gasteiger partial charge in [0.05, 0.1) is 0 Å². The first-order valence-electron chi connectivity index (χ1n) is 12.3. The standard InChI is InChI=1S/C33H25NO/c34-20-23-12-7-17-31-32(23)30-19-24(27-15-5-10-21-8-1-3-13-25(21)27)18-29(33(30)35-31)28-16-6-11-22-9-2-4-14-26(22)28/h1-6,8-16,18-19H,7,17,20,34H2. The number of hydrogen-bond acceptors (Lipinski definition) is 2. The summed E-state index contributed by atoms with van der Waals surface area (Å²) in [4.78, 5) is 0. The minimum Gasteiger partial charge on any atom is -0.460 e. The summed E-state index contributed by atoms with van der Waals surface area (Å²) < 4.78 is 6.64. The third-order valence-electron chi connectivity index (χ3n) is 7.35. The summed E-state index contributed by atoms with van der Waals surface area (Å²) in [5, 5.41) is 6.12. The van der Waals surface area contributed by atoms with E-state index in [2.05, 4.69) is 103 Å². The van der Waals surface area contributed by atoms with Crippen LogP contribution in [0.1, 0.15) is 17.7 Å². The third-order valence-corrected chi connectivity index (χ3v) is 7.35. The first-order chi connectivity index (χ1) is 17.3. The van der Waals surface area contributed by atoms with E-state index in [0.29, 0.717) is 6.54 Å². The molecule has 0 bridgehead atoms. The molecule has 1 heterocycles. The molecule has 1 aliphatic carbocycles. The van der Waals surface area contributed by atoms with E-state index in [0.717, 1.165) is 35.1 Å². The fourth-order valence-corrected chi connectivity index (χ4v) is 5.73. The number of benzene rings is 5. The Bertz CT molecular complexity index is 1780. The Morgan fingerprint density at radius 3 is 2.06 bits per heavy atom. The Morgan fingerprint density at radius 1 is 0.657 bits per heavy atom. The van der Waals surface area contributed by atoms with E-state index in [-0.39, 0.29) is 0 Å². The van der Waals surface area contributed by atoms with E-state index in [1.165, 1.54) is 49.4 Å². The van der Waals surface area contributed by atoms with Gasteiger partial charge in [-0.3, -0.25) is 0 Å². The topological polar surface area (TPSA) is 39.2 Å². The highest BCUT2D eigenvalue weighted by molar-refractivity contribution is 6.10. The Balaban J connectivity index is 1.61. The van der Waals surface area contributed by atoms with Gasteiger partial charge in [-0.05, 0) is 62.4 Å². The lowest BCUT2D eigenvalue weighted by Gasteiger charge is -2.13. The highest BCUT2D eigenvalue weighted by atomic mass is 16.3. The summed E-state index contributed by atoms with van der Waals surface area (Å²) in [7, 11) is 0. The van der Waals surface area contributed by atoms with Gasteiger partial charge in [0.25, 0.3) is 0 Å². The molecule has 0 spiro atoms. The van der Waals surface area contributed by atoms with Crippen LogP contribution in [0.2, 0.25) is 0 Å². The van der Waals surface area contributed by atoms with Crippen LogP contribution in [0.15, 0.2) is 108 Å². The van der Waals surface area contributed by atoms with E-state index in [1.807, 2.05) is 0 Å². The van der Waals surface area contributed by atoms with Gasteiger partial charge < -0.3 is 10.2 Å². The fourth-order valence-electron chi connectivity index (χ4n) is 5.73. The Morgan fingerprint density at radius 2 is 1.31 bits per heavy atom. The minimum atomic E-state index is 0.518. The maximum Gasteiger partial charge on any atom is 0.142 e. The van der Waals surface area contributed by atoms with E-state index in [9.17, 15) is 0 Å². The van der Waals surface area contributed by atoms with Crippen molar-refractivity contribution >= 4 is 38.1 Å². The molecule has 5 aromatic carbocycles. The highest BCUT2D eigenvalue weighted by Crippen LogP contribution is 2.44. The molecule has 2 heteroatoms. The van der Waals surface area contributed by atoms with Crippen molar-refractivity contribution in [2.75, 3.05) is 6.54 Å². The largest absolute Gasteiger partial charge is 0.460 e. The average molecular weight is 452 g/mol. The first-order valence-corrected chi connectivity index (χ1v) is 12.3. The lowest BCUT2D eigenvalue weighted by molar-refractivity contribution is 0.546. The van der Waals surface area contributed by atoms with Gasteiger partial charge in [0.15, 0.2) is 0 Å². The highest BCUT2D eigenvalue weighted by Gasteiger charge is 2.24. The van der Waals surface area contributed by atoms with Crippen LogP contribution < -0.4 is 5.73 Å². The molecule has 0 unspecified atom stereocenters. The van der Waals surface area contributed by atoms with Crippen LogP contribution in [0.3, 0.4) is 0 Å². The predicted octanol–water partition coefficient (Wildman–Crippen LogP) is 8.36. The molecule has 168 valence electrons. The summed E-state index contributed by atoms with van der Waals surface area (Å²) in [5.41, 5.74) is 14.3. The Hall–Kier alpha value is -4.14. The van der Waals surface area contributed by atoms with Crippen LogP contribution in [-0.2, 0) is 6.42 Å². The summed E-state index contributed by atoms with van der Waals surface area (Å²) in [5.74, 6) is 1.06. The van der Waals surface area contributed by atoms with Gasteiger partial charge in [0, 0.05) is 29.5 Å². The monoisotopic (exact) mass is 451 g/mol. The summed E-state index contributed by atoms with van der Waals surface area (Å²) >= 11 is 0. The molecule has 0 fully saturated rings. The zero-order valence-corrected chi connectivity index (χ0v) is 19.4. The van der Waals surface area contributed by atoms with Crippen LogP contribution in [0.4, 0.5) is 0 Å². The zero-order chi connectivity index (χ0) is 23.4. The van der Waals surface area contributed by atoms with Crippen molar-refractivity contribution in [3.05, 3.63) is 114 Å². The lowest BCUT2D eigenvalue weighted by atomic mass is 9.88.